The van der Waals surface area contributed by atoms with Crippen molar-refractivity contribution >= 4 is 21.8 Å². The zero-order valence-electron chi connectivity index (χ0n) is 11.7. The van der Waals surface area contributed by atoms with Crippen molar-refractivity contribution in [3.05, 3.63) is 34.3 Å². The molecule has 20 heavy (non-hydrogen) atoms. The van der Waals surface area contributed by atoms with Gasteiger partial charge >= 0.3 is 0 Å². The minimum atomic E-state index is -0.318. The molecule has 2 rings (SSSR count). The SMILES string of the molecule is CC(NCC1(c2cccc(Br)c2)CCOCC1)C(N)=O. The van der Waals surface area contributed by atoms with Gasteiger partial charge in [0, 0.05) is 29.6 Å². The lowest BCUT2D eigenvalue weighted by Gasteiger charge is -2.38. The molecule has 4 nitrogen and oxygen atoms in total. The summed E-state index contributed by atoms with van der Waals surface area (Å²) in [4.78, 5) is 11.2. The van der Waals surface area contributed by atoms with Crippen LogP contribution in [0.15, 0.2) is 28.7 Å². The van der Waals surface area contributed by atoms with E-state index in [0.717, 1.165) is 37.1 Å². The van der Waals surface area contributed by atoms with Crippen molar-refractivity contribution in [2.24, 2.45) is 5.73 Å². The summed E-state index contributed by atoms with van der Waals surface area (Å²) in [6, 6.07) is 8.06. The Hall–Kier alpha value is -0.910. The molecule has 0 aliphatic carbocycles. The highest BCUT2D eigenvalue weighted by atomic mass is 79.9. The predicted molar refractivity (Wildman–Crippen MR) is 82.5 cm³/mol. The van der Waals surface area contributed by atoms with Crippen molar-refractivity contribution in [1.29, 1.82) is 0 Å². The van der Waals surface area contributed by atoms with Crippen LogP contribution in [0, 0.1) is 0 Å². The summed E-state index contributed by atoms with van der Waals surface area (Å²) in [5.74, 6) is -0.318. The molecule has 110 valence electrons. The number of nitrogens with two attached hydrogens (primary N) is 1. The van der Waals surface area contributed by atoms with E-state index in [4.69, 9.17) is 10.5 Å². The Labute approximate surface area is 128 Å². The molecule has 1 aromatic rings. The van der Waals surface area contributed by atoms with Crippen molar-refractivity contribution in [1.82, 2.24) is 5.32 Å². The van der Waals surface area contributed by atoms with Crippen LogP contribution in [0.4, 0.5) is 0 Å². The Kier molecular flexibility index (Phi) is 5.18. The molecular weight excluding hydrogens is 320 g/mol. The number of halogens is 1. The summed E-state index contributed by atoms with van der Waals surface area (Å²) in [6.45, 7) is 4.03. The van der Waals surface area contributed by atoms with E-state index in [2.05, 4.69) is 33.4 Å². The first kappa shape index (κ1) is 15.5. The first-order valence-corrected chi connectivity index (χ1v) is 7.69. The van der Waals surface area contributed by atoms with E-state index in [1.54, 1.807) is 6.92 Å². The van der Waals surface area contributed by atoms with Crippen LogP contribution in [-0.2, 0) is 14.9 Å². The lowest BCUT2D eigenvalue weighted by atomic mass is 9.74. The molecule has 1 heterocycles. The van der Waals surface area contributed by atoms with E-state index < -0.39 is 0 Å². The molecule has 1 fully saturated rings. The van der Waals surface area contributed by atoms with E-state index in [-0.39, 0.29) is 17.4 Å². The standard InChI is InChI=1S/C15H21BrN2O2/c1-11(14(17)19)18-10-15(5-7-20-8-6-15)12-3-2-4-13(16)9-12/h2-4,9,11,18H,5-8,10H2,1H3,(H2,17,19). The van der Waals surface area contributed by atoms with E-state index >= 15 is 0 Å². The molecular formula is C15H21BrN2O2. The molecule has 0 spiro atoms. The number of amides is 1. The Balaban J connectivity index is 2.19. The second-order valence-corrected chi connectivity index (χ2v) is 6.32. The van der Waals surface area contributed by atoms with Crippen LogP contribution in [-0.4, -0.2) is 31.7 Å². The van der Waals surface area contributed by atoms with Crippen molar-refractivity contribution in [2.45, 2.75) is 31.2 Å². The van der Waals surface area contributed by atoms with Gasteiger partial charge in [0.05, 0.1) is 6.04 Å². The zero-order chi connectivity index (χ0) is 14.6. The van der Waals surface area contributed by atoms with Crippen LogP contribution < -0.4 is 11.1 Å². The van der Waals surface area contributed by atoms with Gasteiger partial charge in [-0.3, -0.25) is 4.79 Å². The Morgan fingerprint density at radius 1 is 1.50 bits per heavy atom. The van der Waals surface area contributed by atoms with Gasteiger partial charge in [0.2, 0.25) is 5.91 Å². The van der Waals surface area contributed by atoms with Gasteiger partial charge in [-0.05, 0) is 37.5 Å². The van der Waals surface area contributed by atoms with Crippen LogP contribution in [0.5, 0.6) is 0 Å². The molecule has 1 aliphatic heterocycles. The van der Waals surface area contributed by atoms with Crippen LogP contribution in [0.1, 0.15) is 25.3 Å². The first-order valence-electron chi connectivity index (χ1n) is 6.90. The Morgan fingerprint density at radius 3 is 2.80 bits per heavy atom. The minimum absolute atomic E-state index is 0.00569. The molecule has 1 amide bonds. The number of rotatable bonds is 5. The topological polar surface area (TPSA) is 64.3 Å². The van der Waals surface area contributed by atoms with Crippen molar-refractivity contribution < 1.29 is 9.53 Å². The number of ether oxygens (including phenoxy) is 1. The normalized spacial score (nSPS) is 19.5. The largest absolute Gasteiger partial charge is 0.381 e. The van der Waals surface area contributed by atoms with E-state index in [0.29, 0.717) is 0 Å². The average Bonchev–Trinajstić information content (AvgIpc) is 2.45. The minimum Gasteiger partial charge on any atom is -0.381 e. The van der Waals surface area contributed by atoms with Crippen LogP contribution in [0.2, 0.25) is 0 Å². The molecule has 0 saturated carbocycles. The van der Waals surface area contributed by atoms with Crippen molar-refractivity contribution in [3.63, 3.8) is 0 Å². The van der Waals surface area contributed by atoms with E-state index in [1.807, 2.05) is 12.1 Å². The summed E-state index contributed by atoms with van der Waals surface area (Å²) >= 11 is 3.53. The number of benzene rings is 1. The Bertz CT molecular complexity index is 473. The number of carbonyl (C=O) groups is 1. The second kappa shape index (κ2) is 6.70. The highest BCUT2D eigenvalue weighted by Crippen LogP contribution is 2.35. The van der Waals surface area contributed by atoms with Gasteiger partial charge in [0.15, 0.2) is 0 Å². The summed E-state index contributed by atoms with van der Waals surface area (Å²) in [7, 11) is 0. The smallest absolute Gasteiger partial charge is 0.234 e. The maximum Gasteiger partial charge on any atom is 0.234 e. The second-order valence-electron chi connectivity index (χ2n) is 5.41. The van der Waals surface area contributed by atoms with Gasteiger partial charge in [-0.15, -0.1) is 0 Å². The van der Waals surface area contributed by atoms with Crippen molar-refractivity contribution in [2.75, 3.05) is 19.8 Å². The predicted octanol–water partition coefficient (Wildman–Crippen LogP) is 1.96. The molecule has 3 N–H and O–H groups in total. The maximum absolute atomic E-state index is 11.2. The lowest BCUT2D eigenvalue weighted by Crippen LogP contribution is -2.48. The fourth-order valence-electron chi connectivity index (χ4n) is 2.60. The molecule has 1 atom stereocenters. The van der Waals surface area contributed by atoms with E-state index in [1.165, 1.54) is 5.56 Å². The quantitative estimate of drug-likeness (QED) is 0.861. The molecule has 5 heteroatoms. The van der Waals surface area contributed by atoms with Crippen LogP contribution in [0.3, 0.4) is 0 Å². The maximum atomic E-state index is 11.2. The fraction of sp³-hybridized carbons (Fsp3) is 0.533. The first-order chi connectivity index (χ1) is 9.53. The fourth-order valence-corrected chi connectivity index (χ4v) is 3.00. The monoisotopic (exact) mass is 340 g/mol. The van der Waals surface area contributed by atoms with Gasteiger partial charge < -0.3 is 15.8 Å². The number of primary amides is 1. The van der Waals surface area contributed by atoms with Gasteiger partial charge in [-0.1, -0.05) is 28.1 Å². The van der Waals surface area contributed by atoms with Gasteiger partial charge in [0.1, 0.15) is 0 Å². The summed E-state index contributed by atoms with van der Waals surface area (Å²) in [6.07, 6.45) is 1.89. The molecule has 0 radical (unpaired) electrons. The lowest BCUT2D eigenvalue weighted by molar-refractivity contribution is -0.119. The number of hydrogen-bond acceptors (Lipinski definition) is 3. The molecule has 0 aromatic heterocycles. The zero-order valence-corrected chi connectivity index (χ0v) is 13.3. The number of carbonyl (C=O) groups excluding carboxylic acids is 1. The third-order valence-electron chi connectivity index (χ3n) is 4.06. The highest BCUT2D eigenvalue weighted by Gasteiger charge is 2.35. The molecule has 1 saturated heterocycles. The Morgan fingerprint density at radius 2 is 2.20 bits per heavy atom. The van der Waals surface area contributed by atoms with Gasteiger partial charge in [-0.25, -0.2) is 0 Å². The summed E-state index contributed by atoms with van der Waals surface area (Å²) in [5, 5.41) is 3.27. The van der Waals surface area contributed by atoms with Gasteiger partial charge in [0.25, 0.3) is 0 Å². The number of nitrogens with one attached hydrogen (secondary N) is 1. The molecule has 1 unspecified atom stereocenters. The van der Waals surface area contributed by atoms with Crippen LogP contribution in [0.25, 0.3) is 0 Å². The summed E-state index contributed by atoms with van der Waals surface area (Å²) < 4.78 is 6.57. The van der Waals surface area contributed by atoms with Gasteiger partial charge in [-0.2, -0.15) is 0 Å². The van der Waals surface area contributed by atoms with Crippen LogP contribution >= 0.6 is 15.9 Å². The summed E-state index contributed by atoms with van der Waals surface area (Å²) in [5.41, 5.74) is 6.61. The molecule has 1 aromatic carbocycles. The average molecular weight is 341 g/mol. The van der Waals surface area contributed by atoms with E-state index in [9.17, 15) is 4.79 Å². The number of hydrogen-bond donors (Lipinski definition) is 2. The third kappa shape index (κ3) is 3.59. The van der Waals surface area contributed by atoms with Crippen molar-refractivity contribution in [3.8, 4) is 0 Å². The highest BCUT2D eigenvalue weighted by molar-refractivity contribution is 9.10. The third-order valence-corrected chi connectivity index (χ3v) is 4.55. The molecule has 0 bridgehead atoms. The molecule has 1 aliphatic rings.